The summed E-state index contributed by atoms with van der Waals surface area (Å²) in [5.74, 6) is 2.39. The van der Waals surface area contributed by atoms with Gasteiger partial charge in [-0.3, -0.25) is 0 Å². The van der Waals surface area contributed by atoms with E-state index in [1.165, 1.54) is 0 Å². The van der Waals surface area contributed by atoms with E-state index in [0.717, 1.165) is 50.6 Å². The molecule has 0 saturated heterocycles. The maximum absolute atomic E-state index is 5.76. The first-order chi connectivity index (χ1) is 9.80. The van der Waals surface area contributed by atoms with E-state index >= 15 is 0 Å². The molecule has 0 aromatic heterocycles. The Morgan fingerprint density at radius 3 is 2.35 bits per heavy atom. The molecule has 1 rings (SSSR count). The van der Waals surface area contributed by atoms with Crippen LogP contribution in [0.1, 0.15) is 19.8 Å². The van der Waals surface area contributed by atoms with Crippen LogP contribution in [0.2, 0.25) is 0 Å². The average Bonchev–Trinajstić information content (AvgIpc) is 2.50. The van der Waals surface area contributed by atoms with Gasteiger partial charge in [0.1, 0.15) is 11.5 Å². The molecule has 1 unspecified atom stereocenters. The molecule has 20 heavy (non-hydrogen) atoms. The summed E-state index contributed by atoms with van der Waals surface area (Å²) in [5, 5.41) is 3.40. The van der Waals surface area contributed by atoms with Gasteiger partial charge < -0.3 is 19.5 Å². The molecule has 1 N–H and O–H groups in total. The smallest absolute Gasteiger partial charge is 0.119 e. The van der Waals surface area contributed by atoms with Crippen LogP contribution in [-0.4, -0.2) is 40.5 Å². The third-order valence-electron chi connectivity index (χ3n) is 3.35. The third-order valence-corrected chi connectivity index (χ3v) is 3.35. The molecule has 0 amide bonds. The van der Waals surface area contributed by atoms with Gasteiger partial charge in [-0.25, -0.2) is 0 Å². The lowest BCUT2D eigenvalue weighted by Gasteiger charge is -2.16. The number of ether oxygens (including phenoxy) is 3. The van der Waals surface area contributed by atoms with Gasteiger partial charge in [-0.1, -0.05) is 13.3 Å². The summed E-state index contributed by atoms with van der Waals surface area (Å²) < 4.78 is 15.9. The monoisotopic (exact) mass is 281 g/mol. The van der Waals surface area contributed by atoms with Crippen molar-refractivity contribution in [1.82, 2.24) is 5.32 Å². The Morgan fingerprint density at radius 1 is 1.05 bits per heavy atom. The van der Waals surface area contributed by atoms with Crippen LogP contribution >= 0.6 is 0 Å². The van der Waals surface area contributed by atoms with Gasteiger partial charge in [-0.05, 0) is 43.1 Å². The van der Waals surface area contributed by atoms with E-state index in [9.17, 15) is 0 Å². The quantitative estimate of drug-likeness (QED) is 0.633. The lowest BCUT2D eigenvalue weighted by molar-refractivity contribution is 0.196. The van der Waals surface area contributed by atoms with E-state index in [-0.39, 0.29) is 0 Å². The van der Waals surface area contributed by atoms with Crippen LogP contribution in [0.25, 0.3) is 0 Å². The molecule has 0 fully saturated rings. The molecule has 0 aliphatic carbocycles. The summed E-state index contributed by atoms with van der Waals surface area (Å²) in [7, 11) is 3.39. The van der Waals surface area contributed by atoms with Crippen LogP contribution in [0, 0.1) is 5.92 Å². The zero-order valence-corrected chi connectivity index (χ0v) is 12.9. The second kappa shape index (κ2) is 10.5. The molecule has 1 aromatic rings. The first-order valence-corrected chi connectivity index (χ1v) is 7.26. The summed E-state index contributed by atoms with van der Waals surface area (Å²) in [6.45, 7) is 5.66. The second-order valence-corrected chi connectivity index (χ2v) is 4.78. The highest BCUT2D eigenvalue weighted by molar-refractivity contribution is 5.31. The third kappa shape index (κ3) is 6.78. The fraction of sp³-hybridized carbons (Fsp3) is 0.625. The molecule has 0 bridgehead atoms. The minimum absolute atomic E-state index is 0.644. The van der Waals surface area contributed by atoms with Crippen LogP contribution in [0.4, 0.5) is 0 Å². The second-order valence-electron chi connectivity index (χ2n) is 4.78. The minimum atomic E-state index is 0.644. The maximum Gasteiger partial charge on any atom is 0.119 e. The number of nitrogens with one attached hydrogen (secondary N) is 1. The molecule has 4 nitrogen and oxygen atoms in total. The SMILES string of the molecule is CCC(CCOc1ccc(OC)cc1)CNCCOC. The molecular weight excluding hydrogens is 254 g/mol. The molecule has 1 aromatic carbocycles. The van der Waals surface area contributed by atoms with Gasteiger partial charge in [0.25, 0.3) is 0 Å². The molecule has 0 spiro atoms. The van der Waals surface area contributed by atoms with Crippen LogP contribution in [0.15, 0.2) is 24.3 Å². The van der Waals surface area contributed by atoms with Crippen molar-refractivity contribution in [3.8, 4) is 11.5 Å². The van der Waals surface area contributed by atoms with E-state index in [1.54, 1.807) is 14.2 Å². The summed E-state index contributed by atoms with van der Waals surface area (Å²) in [6, 6.07) is 7.71. The van der Waals surface area contributed by atoms with Gasteiger partial charge in [0.05, 0.1) is 20.3 Å². The Balaban J connectivity index is 2.19. The summed E-state index contributed by atoms with van der Waals surface area (Å²) in [4.78, 5) is 0. The topological polar surface area (TPSA) is 39.7 Å². The molecule has 0 saturated carbocycles. The zero-order valence-electron chi connectivity index (χ0n) is 12.9. The Hall–Kier alpha value is -1.26. The minimum Gasteiger partial charge on any atom is -0.497 e. The fourth-order valence-corrected chi connectivity index (χ4v) is 1.95. The molecule has 114 valence electrons. The Bertz CT molecular complexity index is 340. The molecule has 0 aliphatic heterocycles. The first kappa shape index (κ1) is 16.8. The van der Waals surface area contributed by atoms with Crippen LogP contribution in [0.5, 0.6) is 11.5 Å². The van der Waals surface area contributed by atoms with Gasteiger partial charge in [0, 0.05) is 13.7 Å². The fourth-order valence-electron chi connectivity index (χ4n) is 1.95. The van der Waals surface area contributed by atoms with E-state index < -0.39 is 0 Å². The largest absolute Gasteiger partial charge is 0.497 e. The molecule has 0 heterocycles. The molecule has 1 atom stereocenters. The Labute approximate surface area is 122 Å². The number of hydrogen-bond acceptors (Lipinski definition) is 4. The highest BCUT2D eigenvalue weighted by atomic mass is 16.5. The van der Waals surface area contributed by atoms with Crippen molar-refractivity contribution in [1.29, 1.82) is 0 Å². The maximum atomic E-state index is 5.76. The summed E-state index contributed by atoms with van der Waals surface area (Å²) in [6.07, 6.45) is 2.22. The molecular formula is C16H27NO3. The van der Waals surface area contributed by atoms with Crippen LogP contribution in [0.3, 0.4) is 0 Å². The standard InChI is InChI=1S/C16H27NO3/c1-4-14(13-17-10-12-18-2)9-11-20-16-7-5-15(19-3)6-8-16/h5-8,14,17H,4,9-13H2,1-3H3. The van der Waals surface area contributed by atoms with E-state index in [1.807, 2.05) is 24.3 Å². The summed E-state index contributed by atoms with van der Waals surface area (Å²) in [5.41, 5.74) is 0. The molecule has 4 heteroatoms. The van der Waals surface area contributed by atoms with Crippen molar-refractivity contribution >= 4 is 0 Å². The first-order valence-electron chi connectivity index (χ1n) is 7.26. The number of rotatable bonds is 11. The lowest BCUT2D eigenvalue weighted by Crippen LogP contribution is -2.26. The Kier molecular flexibility index (Phi) is 8.83. The van der Waals surface area contributed by atoms with Gasteiger partial charge >= 0.3 is 0 Å². The highest BCUT2D eigenvalue weighted by Crippen LogP contribution is 2.17. The Morgan fingerprint density at radius 2 is 1.75 bits per heavy atom. The summed E-state index contributed by atoms with van der Waals surface area (Å²) >= 11 is 0. The lowest BCUT2D eigenvalue weighted by atomic mass is 10.0. The predicted molar refractivity (Wildman–Crippen MR) is 81.6 cm³/mol. The zero-order chi connectivity index (χ0) is 14.6. The van der Waals surface area contributed by atoms with E-state index in [0.29, 0.717) is 5.92 Å². The van der Waals surface area contributed by atoms with Crippen molar-refractivity contribution in [2.45, 2.75) is 19.8 Å². The van der Waals surface area contributed by atoms with E-state index in [4.69, 9.17) is 14.2 Å². The average molecular weight is 281 g/mol. The van der Waals surface area contributed by atoms with Crippen molar-refractivity contribution in [3.05, 3.63) is 24.3 Å². The van der Waals surface area contributed by atoms with Crippen molar-refractivity contribution in [2.75, 3.05) is 40.5 Å². The highest BCUT2D eigenvalue weighted by Gasteiger charge is 2.06. The van der Waals surface area contributed by atoms with Crippen LogP contribution < -0.4 is 14.8 Å². The molecule has 0 radical (unpaired) electrons. The van der Waals surface area contributed by atoms with Crippen molar-refractivity contribution in [3.63, 3.8) is 0 Å². The van der Waals surface area contributed by atoms with Gasteiger partial charge in [-0.2, -0.15) is 0 Å². The number of benzene rings is 1. The van der Waals surface area contributed by atoms with Crippen molar-refractivity contribution in [2.24, 2.45) is 5.92 Å². The van der Waals surface area contributed by atoms with Crippen LogP contribution in [-0.2, 0) is 4.74 Å². The van der Waals surface area contributed by atoms with Crippen molar-refractivity contribution < 1.29 is 14.2 Å². The van der Waals surface area contributed by atoms with Gasteiger partial charge in [0.15, 0.2) is 0 Å². The number of methoxy groups -OCH3 is 2. The number of hydrogen-bond donors (Lipinski definition) is 1. The predicted octanol–water partition coefficient (Wildman–Crippen LogP) is 2.73. The van der Waals surface area contributed by atoms with E-state index in [2.05, 4.69) is 12.2 Å². The van der Waals surface area contributed by atoms with Gasteiger partial charge in [-0.15, -0.1) is 0 Å². The normalized spacial score (nSPS) is 12.2. The van der Waals surface area contributed by atoms with Gasteiger partial charge in [0.2, 0.25) is 0 Å². The molecule has 0 aliphatic rings.